The van der Waals surface area contributed by atoms with E-state index in [1.54, 1.807) is 0 Å². The minimum Gasteiger partial charge on any atom is -0.389 e. The standard InChI is InChI=1S/C16H23NO4/c1-15(2)20-10-16(8-11-6-4-3-5-7-11)14(21-15)13(19)12(18)9-17-16/h3-7,12-14,17-19H,8-10H2,1-2H3. The van der Waals surface area contributed by atoms with Crippen molar-refractivity contribution in [3.63, 3.8) is 0 Å². The maximum atomic E-state index is 10.4. The fraction of sp³-hybridized carbons (Fsp3) is 0.625. The molecular formula is C16H23NO4. The number of aliphatic hydroxyl groups is 2. The van der Waals surface area contributed by atoms with Crippen molar-refractivity contribution in [1.29, 1.82) is 0 Å². The Hall–Kier alpha value is -0.980. The van der Waals surface area contributed by atoms with Gasteiger partial charge in [0.2, 0.25) is 0 Å². The van der Waals surface area contributed by atoms with Gasteiger partial charge in [-0.25, -0.2) is 0 Å². The zero-order chi connectivity index (χ0) is 15.1. The lowest BCUT2D eigenvalue weighted by Crippen LogP contribution is -2.75. The quantitative estimate of drug-likeness (QED) is 0.738. The van der Waals surface area contributed by atoms with Gasteiger partial charge in [-0.15, -0.1) is 0 Å². The van der Waals surface area contributed by atoms with Gasteiger partial charge in [0.25, 0.3) is 0 Å². The van der Waals surface area contributed by atoms with E-state index in [2.05, 4.69) is 5.32 Å². The molecule has 4 atom stereocenters. The monoisotopic (exact) mass is 293 g/mol. The van der Waals surface area contributed by atoms with E-state index in [0.29, 0.717) is 19.6 Å². The van der Waals surface area contributed by atoms with Crippen molar-refractivity contribution in [2.75, 3.05) is 13.2 Å². The van der Waals surface area contributed by atoms with Crippen LogP contribution in [0.2, 0.25) is 0 Å². The second-order valence-corrected chi connectivity index (χ2v) is 6.48. The van der Waals surface area contributed by atoms with Crippen LogP contribution in [0.5, 0.6) is 0 Å². The second kappa shape index (κ2) is 5.34. The maximum absolute atomic E-state index is 10.4. The van der Waals surface area contributed by atoms with Crippen molar-refractivity contribution >= 4 is 0 Å². The smallest absolute Gasteiger partial charge is 0.163 e. The van der Waals surface area contributed by atoms with Crippen LogP contribution < -0.4 is 5.32 Å². The number of β-amino-alcohol motifs (C(OH)–C–C–N with tert-alkyl or cyclic N) is 1. The number of aliphatic hydroxyl groups excluding tert-OH is 2. The summed E-state index contributed by atoms with van der Waals surface area (Å²) in [5.41, 5.74) is 0.626. The van der Waals surface area contributed by atoms with Crippen molar-refractivity contribution in [3.8, 4) is 0 Å². The molecular weight excluding hydrogens is 270 g/mol. The third kappa shape index (κ3) is 2.84. The molecule has 0 aliphatic carbocycles. The van der Waals surface area contributed by atoms with Crippen LogP contribution in [-0.2, 0) is 15.9 Å². The number of rotatable bonds is 2. The van der Waals surface area contributed by atoms with Crippen LogP contribution in [0.4, 0.5) is 0 Å². The fourth-order valence-corrected chi connectivity index (χ4v) is 3.19. The predicted molar refractivity (Wildman–Crippen MR) is 77.8 cm³/mol. The van der Waals surface area contributed by atoms with Gasteiger partial charge in [0.15, 0.2) is 5.79 Å². The van der Waals surface area contributed by atoms with Gasteiger partial charge in [-0.2, -0.15) is 0 Å². The van der Waals surface area contributed by atoms with Gasteiger partial charge in [0.05, 0.1) is 18.2 Å². The number of nitrogens with one attached hydrogen (secondary N) is 1. The van der Waals surface area contributed by atoms with E-state index in [0.717, 1.165) is 5.56 Å². The zero-order valence-electron chi connectivity index (χ0n) is 12.5. The number of piperidine rings is 1. The van der Waals surface area contributed by atoms with Crippen molar-refractivity contribution in [2.45, 2.75) is 49.9 Å². The first-order chi connectivity index (χ1) is 9.92. The summed E-state index contributed by atoms with van der Waals surface area (Å²) in [6.45, 7) is 4.42. The first-order valence-corrected chi connectivity index (χ1v) is 7.39. The Kier molecular flexibility index (Phi) is 3.80. The SMILES string of the molecule is CC1(C)OCC2(Cc3ccccc3)NCC(O)C(O)C2O1. The summed E-state index contributed by atoms with van der Waals surface area (Å²) < 4.78 is 11.8. The topological polar surface area (TPSA) is 71.0 Å². The van der Waals surface area contributed by atoms with Crippen LogP contribution in [0.1, 0.15) is 19.4 Å². The molecule has 0 radical (unpaired) electrons. The largest absolute Gasteiger partial charge is 0.389 e. The highest BCUT2D eigenvalue weighted by Crippen LogP contribution is 2.36. The van der Waals surface area contributed by atoms with Gasteiger partial charge in [0, 0.05) is 6.54 Å². The third-order valence-corrected chi connectivity index (χ3v) is 4.36. The van der Waals surface area contributed by atoms with E-state index < -0.39 is 29.6 Å². The van der Waals surface area contributed by atoms with Crippen LogP contribution in [-0.4, -0.2) is 53.0 Å². The molecule has 2 aliphatic rings. The molecule has 2 saturated heterocycles. The normalized spacial score (nSPS) is 38.8. The minimum absolute atomic E-state index is 0.331. The number of hydrogen-bond acceptors (Lipinski definition) is 5. The van der Waals surface area contributed by atoms with Gasteiger partial charge < -0.3 is 25.0 Å². The molecule has 5 heteroatoms. The molecule has 2 heterocycles. The molecule has 1 aromatic carbocycles. The van der Waals surface area contributed by atoms with E-state index >= 15 is 0 Å². The van der Waals surface area contributed by atoms with Crippen LogP contribution in [0.25, 0.3) is 0 Å². The molecule has 1 aromatic rings. The lowest BCUT2D eigenvalue weighted by molar-refractivity contribution is -0.331. The Morgan fingerprint density at radius 1 is 1.24 bits per heavy atom. The Balaban J connectivity index is 1.89. The fourth-order valence-electron chi connectivity index (χ4n) is 3.19. The molecule has 2 aliphatic heterocycles. The van der Waals surface area contributed by atoms with Crippen molar-refractivity contribution < 1.29 is 19.7 Å². The van der Waals surface area contributed by atoms with Crippen LogP contribution in [0.3, 0.4) is 0 Å². The first kappa shape index (κ1) is 14.9. The van der Waals surface area contributed by atoms with Crippen molar-refractivity contribution in [3.05, 3.63) is 35.9 Å². The summed E-state index contributed by atoms with van der Waals surface area (Å²) in [6.07, 6.45) is -1.57. The van der Waals surface area contributed by atoms with E-state index in [1.165, 1.54) is 0 Å². The summed E-state index contributed by atoms with van der Waals surface area (Å²) in [6, 6.07) is 10.0. The van der Waals surface area contributed by atoms with E-state index in [1.807, 2.05) is 44.2 Å². The first-order valence-electron chi connectivity index (χ1n) is 7.39. The van der Waals surface area contributed by atoms with Crippen LogP contribution >= 0.6 is 0 Å². The molecule has 0 saturated carbocycles. The molecule has 0 spiro atoms. The number of ether oxygens (including phenoxy) is 2. The summed E-state index contributed by atoms with van der Waals surface area (Å²) in [5, 5.41) is 23.7. The summed E-state index contributed by atoms with van der Waals surface area (Å²) in [4.78, 5) is 0. The average molecular weight is 293 g/mol. The van der Waals surface area contributed by atoms with E-state index in [9.17, 15) is 10.2 Å². The molecule has 116 valence electrons. The van der Waals surface area contributed by atoms with Crippen LogP contribution in [0, 0.1) is 0 Å². The highest BCUT2D eigenvalue weighted by atomic mass is 16.7. The van der Waals surface area contributed by atoms with Gasteiger partial charge in [-0.05, 0) is 25.8 Å². The minimum atomic E-state index is -0.918. The van der Waals surface area contributed by atoms with E-state index in [4.69, 9.17) is 9.47 Å². The highest BCUT2D eigenvalue weighted by Gasteiger charge is 2.54. The summed E-state index contributed by atoms with van der Waals surface area (Å²) in [5.74, 6) is -0.759. The molecule has 21 heavy (non-hydrogen) atoms. The lowest BCUT2D eigenvalue weighted by atomic mass is 9.78. The van der Waals surface area contributed by atoms with Crippen LogP contribution in [0.15, 0.2) is 30.3 Å². The lowest BCUT2D eigenvalue weighted by Gasteiger charge is -2.54. The number of benzene rings is 1. The number of fused-ring (bicyclic) bond motifs is 1. The Bertz CT molecular complexity index is 492. The van der Waals surface area contributed by atoms with E-state index in [-0.39, 0.29) is 0 Å². The van der Waals surface area contributed by atoms with Crippen molar-refractivity contribution in [2.24, 2.45) is 0 Å². The molecule has 3 N–H and O–H groups in total. The summed E-state index contributed by atoms with van der Waals surface area (Å²) in [7, 11) is 0. The molecule has 5 nitrogen and oxygen atoms in total. The molecule has 0 bridgehead atoms. The molecule has 2 fully saturated rings. The Morgan fingerprint density at radius 3 is 2.67 bits per heavy atom. The van der Waals surface area contributed by atoms with Gasteiger partial charge in [-0.1, -0.05) is 30.3 Å². The highest BCUT2D eigenvalue weighted by molar-refractivity contribution is 5.21. The third-order valence-electron chi connectivity index (χ3n) is 4.36. The van der Waals surface area contributed by atoms with Crippen molar-refractivity contribution in [1.82, 2.24) is 5.32 Å². The molecule has 3 rings (SSSR count). The molecule has 0 amide bonds. The van der Waals surface area contributed by atoms with Gasteiger partial charge in [-0.3, -0.25) is 0 Å². The predicted octanol–water partition coefficient (Wildman–Crippen LogP) is 0.444. The van der Waals surface area contributed by atoms with Gasteiger partial charge in [0.1, 0.15) is 12.2 Å². The Labute approximate surface area is 124 Å². The molecule has 0 aromatic heterocycles. The average Bonchev–Trinajstić information content (AvgIpc) is 2.46. The summed E-state index contributed by atoms with van der Waals surface area (Å²) >= 11 is 0. The Morgan fingerprint density at radius 2 is 1.95 bits per heavy atom. The molecule has 4 unspecified atom stereocenters. The zero-order valence-corrected chi connectivity index (χ0v) is 12.5. The second-order valence-electron chi connectivity index (χ2n) is 6.48. The van der Waals surface area contributed by atoms with Gasteiger partial charge >= 0.3 is 0 Å². The maximum Gasteiger partial charge on any atom is 0.163 e. The number of hydrogen-bond donors (Lipinski definition) is 3.